The number of aryl methyl sites for hydroxylation is 1. The smallest absolute Gasteiger partial charge is 0.259 e. The van der Waals surface area contributed by atoms with Crippen LogP contribution in [0.25, 0.3) is 22.2 Å². The predicted molar refractivity (Wildman–Crippen MR) is 191 cm³/mol. The Morgan fingerprint density at radius 1 is 0.854 bits per heavy atom. The first kappa shape index (κ1) is 33.6. The molecule has 6 rings (SSSR count). The molecule has 1 aliphatic heterocycles. The van der Waals surface area contributed by atoms with Gasteiger partial charge in [0.2, 0.25) is 0 Å². The van der Waals surface area contributed by atoms with E-state index in [1.807, 2.05) is 18.3 Å². The molecule has 1 aliphatic rings. The van der Waals surface area contributed by atoms with Gasteiger partial charge in [0.1, 0.15) is 22.8 Å². The molecule has 48 heavy (non-hydrogen) atoms. The number of rotatable bonds is 9. The molecule has 3 aromatic carbocycles. The molecule has 0 spiro atoms. The van der Waals surface area contributed by atoms with Crippen LogP contribution in [0.1, 0.15) is 40.9 Å². The molecule has 1 saturated heterocycles. The average molecular weight is 686 g/mol. The quantitative estimate of drug-likeness (QED) is 0.169. The van der Waals surface area contributed by atoms with E-state index in [1.54, 1.807) is 24.4 Å². The molecule has 1 amide bonds. The van der Waals surface area contributed by atoms with Gasteiger partial charge in [-0.3, -0.25) is 24.6 Å². The fourth-order valence-electron chi connectivity index (χ4n) is 6.23. The Morgan fingerprint density at radius 3 is 2.15 bits per heavy atom. The average Bonchev–Trinajstić information content (AvgIpc) is 3.08. The topological polar surface area (TPSA) is 92.7 Å². The van der Waals surface area contributed by atoms with Gasteiger partial charge >= 0.3 is 0 Å². The third-order valence-electron chi connectivity index (χ3n) is 8.83. The summed E-state index contributed by atoms with van der Waals surface area (Å²) in [4.78, 5) is 32.2. The summed E-state index contributed by atoms with van der Waals surface area (Å²) in [5.74, 6) is 0.865. The van der Waals surface area contributed by atoms with Crippen LogP contribution >= 0.6 is 23.2 Å². The maximum atomic E-state index is 13.6. The number of aromatic nitrogens is 3. The second-order valence-electron chi connectivity index (χ2n) is 12.6. The van der Waals surface area contributed by atoms with Crippen LogP contribution in [0.4, 0.5) is 5.82 Å². The van der Waals surface area contributed by atoms with Gasteiger partial charge in [-0.25, -0.2) is 4.98 Å². The number of methoxy groups -OCH3 is 2. The number of amides is 1. The number of piperazine rings is 1. The van der Waals surface area contributed by atoms with E-state index in [0.29, 0.717) is 55.1 Å². The molecule has 9 nitrogen and oxygen atoms in total. The van der Waals surface area contributed by atoms with Crippen LogP contribution in [-0.4, -0.2) is 70.1 Å². The number of ether oxygens (including phenoxy) is 2. The van der Waals surface area contributed by atoms with Gasteiger partial charge < -0.3 is 14.8 Å². The lowest BCUT2D eigenvalue weighted by atomic mass is 9.97. The molecule has 1 fully saturated rings. The summed E-state index contributed by atoms with van der Waals surface area (Å²) < 4.78 is 10.9. The van der Waals surface area contributed by atoms with Crippen LogP contribution in [0.5, 0.6) is 11.5 Å². The number of hydrogen-bond acceptors (Lipinski definition) is 8. The summed E-state index contributed by atoms with van der Waals surface area (Å²) in [7, 11) is 3.03. The number of carbonyl (C=O) groups is 1. The number of nitrogens with one attached hydrogen (secondary N) is 1. The zero-order chi connectivity index (χ0) is 34.0. The van der Waals surface area contributed by atoms with Gasteiger partial charge in [-0.1, -0.05) is 65.2 Å². The van der Waals surface area contributed by atoms with E-state index in [4.69, 9.17) is 32.7 Å². The number of anilines is 1. The summed E-state index contributed by atoms with van der Waals surface area (Å²) >= 11 is 13.4. The summed E-state index contributed by atoms with van der Waals surface area (Å²) in [5.41, 5.74) is 5.93. The first-order valence-electron chi connectivity index (χ1n) is 15.7. The van der Waals surface area contributed by atoms with E-state index in [-0.39, 0.29) is 11.4 Å². The van der Waals surface area contributed by atoms with Gasteiger partial charge in [0, 0.05) is 74.0 Å². The highest BCUT2D eigenvalue weighted by atomic mass is 35.5. The first-order valence-corrected chi connectivity index (χ1v) is 16.5. The zero-order valence-corrected chi connectivity index (χ0v) is 29.2. The lowest BCUT2D eigenvalue weighted by Gasteiger charge is -2.47. The number of halogens is 2. The minimum atomic E-state index is -0.362. The molecule has 0 aliphatic carbocycles. The third-order valence-corrected chi connectivity index (χ3v) is 9.58. The number of hydrogen-bond donors (Lipinski definition) is 1. The van der Waals surface area contributed by atoms with Crippen molar-refractivity contribution in [2.75, 3.05) is 39.2 Å². The van der Waals surface area contributed by atoms with Gasteiger partial charge in [0.25, 0.3) is 5.91 Å². The summed E-state index contributed by atoms with van der Waals surface area (Å²) in [6.45, 7) is 11.4. The fraction of sp³-hybridized carbons (Fsp3) is 0.297. The number of nitrogens with zero attached hydrogens (tertiary/aromatic N) is 5. The van der Waals surface area contributed by atoms with Crippen LogP contribution in [-0.2, 0) is 13.1 Å². The Hall–Kier alpha value is -4.28. The van der Waals surface area contributed by atoms with Crippen LogP contribution < -0.4 is 14.8 Å². The Bertz CT molecular complexity index is 1920. The lowest BCUT2D eigenvalue weighted by Crippen LogP contribution is -2.58. The molecule has 0 bridgehead atoms. The lowest BCUT2D eigenvalue weighted by molar-refractivity contribution is 0.0103. The molecule has 248 valence electrons. The molecule has 11 heteroatoms. The number of carbonyl (C=O) groups excluding carboxylic acids is 1. The third kappa shape index (κ3) is 6.96. The number of fused-ring (bicyclic) bond motifs is 1. The van der Waals surface area contributed by atoms with Gasteiger partial charge in [0.05, 0.1) is 35.3 Å². The molecular formula is C37H38Cl2N6O3. The van der Waals surface area contributed by atoms with E-state index in [2.05, 4.69) is 75.1 Å². The van der Waals surface area contributed by atoms with Crippen molar-refractivity contribution >= 4 is 46.0 Å². The van der Waals surface area contributed by atoms with E-state index in [0.717, 1.165) is 38.3 Å². The van der Waals surface area contributed by atoms with E-state index in [9.17, 15) is 4.79 Å². The molecule has 0 atom stereocenters. The highest BCUT2D eigenvalue weighted by Gasteiger charge is 2.33. The minimum absolute atomic E-state index is 0.00540. The fourth-order valence-corrected chi connectivity index (χ4v) is 6.93. The molecule has 0 radical (unpaired) electrons. The molecule has 5 aromatic rings. The Morgan fingerprint density at radius 2 is 1.52 bits per heavy atom. The second kappa shape index (κ2) is 14.1. The SMILES string of the molecule is COc1cc(OC)c(Cl)c(-c2ccc(C(=O)Nc3ccc(CN4CCN(Cc5ccc(C)cc5)CC4(C)C)cn3)c3nccnc23)c1Cl. The number of benzene rings is 3. The van der Waals surface area contributed by atoms with Crippen molar-refractivity contribution < 1.29 is 14.3 Å². The Labute approximate surface area is 290 Å². The first-order chi connectivity index (χ1) is 23.1. The van der Waals surface area contributed by atoms with Crippen molar-refractivity contribution in [3.05, 3.63) is 105 Å². The largest absolute Gasteiger partial charge is 0.495 e. The van der Waals surface area contributed by atoms with Crippen LogP contribution in [0, 0.1) is 6.92 Å². The summed E-state index contributed by atoms with van der Waals surface area (Å²) in [6, 6.07) is 17.7. The van der Waals surface area contributed by atoms with Gasteiger partial charge in [-0.15, -0.1) is 0 Å². The van der Waals surface area contributed by atoms with E-state index in [1.165, 1.54) is 31.5 Å². The monoisotopic (exact) mass is 684 g/mol. The normalized spacial score (nSPS) is 15.0. The van der Waals surface area contributed by atoms with Crippen molar-refractivity contribution in [3.8, 4) is 22.6 Å². The van der Waals surface area contributed by atoms with Crippen molar-refractivity contribution in [2.45, 2.75) is 39.4 Å². The van der Waals surface area contributed by atoms with Gasteiger partial charge in [-0.05, 0) is 44.0 Å². The summed E-state index contributed by atoms with van der Waals surface area (Å²) in [6.07, 6.45) is 4.92. The van der Waals surface area contributed by atoms with Crippen LogP contribution in [0.3, 0.4) is 0 Å². The van der Waals surface area contributed by atoms with Gasteiger partial charge in [-0.2, -0.15) is 0 Å². The van der Waals surface area contributed by atoms with Crippen molar-refractivity contribution in [1.82, 2.24) is 24.8 Å². The standard InChI is InChI=1S/C37H38Cl2N6O3/c1-23-6-8-24(9-7-23)20-44-16-17-45(37(2,3)22-44)21-25-10-13-30(42-19-25)43-36(46)27-12-11-26(34-35(27)41-15-14-40-34)31-32(38)28(47-4)18-29(48-5)33(31)39/h6-15,18-19H,16-17,20-22H2,1-5H3,(H,42,43,46). The maximum absolute atomic E-state index is 13.6. The molecule has 3 heterocycles. The van der Waals surface area contributed by atoms with E-state index < -0.39 is 0 Å². The number of pyridine rings is 1. The highest BCUT2D eigenvalue weighted by molar-refractivity contribution is 6.41. The molecule has 1 N–H and O–H groups in total. The molecular weight excluding hydrogens is 647 g/mol. The Kier molecular flexibility index (Phi) is 9.85. The molecule has 0 unspecified atom stereocenters. The molecule has 0 saturated carbocycles. The van der Waals surface area contributed by atoms with Crippen molar-refractivity contribution in [1.29, 1.82) is 0 Å². The second-order valence-corrected chi connectivity index (χ2v) is 13.4. The Balaban J connectivity index is 1.16. The highest BCUT2D eigenvalue weighted by Crippen LogP contribution is 2.47. The van der Waals surface area contributed by atoms with Crippen molar-refractivity contribution in [3.63, 3.8) is 0 Å². The van der Waals surface area contributed by atoms with Crippen molar-refractivity contribution in [2.24, 2.45) is 0 Å². The van der Waals surface area contributed by atoms with Gasteiger partial charge in [0.15, 0.2) is 0 Å². The van der Waals surface area contributed by atoms with Crippen LogP contribution in [0.15, 0.2) is 73.2 Å². The summed E-state index contributed by atoms with van der Waals surface area (Å²) in [5, 5.41) is 3.51. The van der Waals surface area contributed by atoms with Crippen LogP contribution in [0.2, 0.25) is 10.0 Å². The zero-order valence-electron chi connectivity index (χ0n) is 27.7. The minimum Gasteiger partial charge on any atom is -0.495 e. The maximum Gasteiger partial charge on any atom is 0.259 e. The van der Waals surface area contributed by atoms with E-state index >= 15 is 0 Å². The predicted octanol–water partition coefficient (Wildman–Crippen LogP) is 7.67. The molecule has 2 aromatic heterocycles.